The number of rotatable bonds is 4. The number of nitrogens with one attached hydrogen (secondary N) is 2. The van der Waals surface area contributed by atoms with Gasteiger partial charge in [0, 0.05) is 6.54 Å². The number of pyridine rings is 1. The van der Waals surface area contributed by atoms with Crippen molar-refractivity contribution in [3.8, 4) is 0 Å². The molecule has 0 radical (unpaired) electrons. The van der Waals surface area contributed by atoms with Crippen LogP contribution in [0.1, 0.15) is 27.7 Å². The van der Waals surface area contributed by atoms with Crippen LogP contribution in [0.5, 0.6) is 0 Å². The van der Waals surface area contributed by atoms with E-state index in [1.54, 1.807) is 0 Å². The van der Waals surface area contributed by atoms with Gasteiger partial charge in [-0.2, -0.15) is 0 Å². The normalized spacial score (nSPS) is 21.0. The highest BCUT2D eigenvalue weighted by molar-refractivity contribution is 5.44. The Hall–Kier alpha value is -1.29. The van der Waals surface area contributed by atoms with Crippen LogP contribution < -0.4 is 16.6 Å². The summed E-state index contributed by atoms with van der Waals surface area (Å²) in [5.74, 6) is 7.58. The molecule has 4 heteroatoms. The van der Waals surface area contributed by atoms with Crippen LogP contribution in [0.3, 0.4) is 0 Å². The SMILES string of the molecule is CC1(C)C(CNc2cccc(NN)n2)C1(C)C. The number of nitrogen functional groups attached to an aromatic ring is 1. The summed E-state index contributed by atoms with van der Waals surface area (Å²) in [6.45, 7) is 10.3. The molecule has 0 amide bonds. The average Bonchev–Trinajstić information content (AvgIpc) is 2.67. The van der Waals surface area contributed by atoms with Crippen molar-refractivity contribution in [2.45, 2.75) is 27.7 Å². The molecule has 0 unspecified atom stereocenters. The lowest BCUT2D eigenvalue weighted by Crippen LogP contribution is -2.12. The van der Waals surface area contributed by atoms with E-state index in [0.717, 1.165) is 12.4 Å². The van der Waals surface area contributed by atoms with Gasteiger partial charge in [-0.15, -0.1) is 0 Å². The molecule has 1 aromatic heterocycles. The summed E-state index contributed by atoms with van der Waals surface area (Å²) in [6, 6.07) is 5.74. The maximum absolute atomic E-state index is 5.33. The highest BCUT2D eigenvalue weighted by Gasteiger charge is 2.64. The third-order valence-corrected chi connectivity index (χ3v) is 4.70. The Labute approximate surface area is 103 Å². The molecule has 2 rings (SSSR count). The molecule has 17 heavy (non-hydrogen) atoms. The van der Waals surface area contributed by atoms with Gasteiger partial charge < -0.3 is 10.7 Å². The fourth-order valence-corrected chi connectivity index (χ4v) is 2.66. The minimum Gasteiger partial charge on any atom is -0.370 e. The second-order valence-corrected chi connectivity index (χ2v) is 5.93. The minimum absolute atomic E-state index is 0.406. The molecule has 1 heterocycles. The standard InChI is InChI=1S/C13H22N4/c1-12(2)9(13(12,3)4)8-15-10-6-5-7-11(16-10)17-14/h5-7,9H,8,14H2,1-4H3,(H2,15,16,17). The van der Waals surface area contributed by atoms with E-state index in [-0.39, 0.29) is 0 Å². The van der Waals surface area contributed by atoms with E-state index in [1.165, 1.54) is 0 Å². The second kappa shape index (κ2) is 3.88. The van der Waals surface area contributed by atoms with Gasteiger partial charge >= 0.3 is 0 Å². The molecular formula is C13H22N4. The van der Waals surface area contributed by atoms with Crippen molar-refractivity contribution in [1.29, 1.82) is 0 Å². The quantitative estimate of drug-likeness (QED) is 0.553. The van der Waals surface area contributed by atoms with Crippen LogP contribution in [-0.2, 0) is 0 Å². The van der Waals surface area contributed by atoms with Crippen molar-refractivity contribution < 1.29 is 0 Å². The number of hydrogen-bond donors (Lipinski definition) is 3. The maximum atomic E-state index is 5.33. The molecule has 0 atom stereocenters. The molecule has 1 saturated carbocycles. The van der Waals surface area contributed by atoms with E-state index >= 15 is 0 Å². The first kappa shape index (κ1) is 12.2. The topological polar surface area (TPSA) is 63.0 Å². The average molecular weight is 234 g/mol. The summed E-state index contributed by atoms with van der Waals surface area (Å²) in [4.78, 5) is 4.34. The number of nitrogens with two attached hydrogens (primary N) is 1. The lowest BCUT2D eigenvalue weighted by molar-refractivity contribution is 0.457. The summed E-state index contributed by atoms with van der Waals surface area (Å²) in [6.07, 6.45) is 0. The van der Waals surface area contributed by atoms with Gasteiger partial charge in [-0.1, -0.05) is 33.8 Å². The number of aromatic nitrogens is 1. The van der Waals surface area contributed by atoms with E-state index in [9.17, 15) is 0 Å². The monoisotopic (exact) mass is 234 g/mol. The van der Waals surface area contributed by atoms with Crippen molar-refractivity contribution in [3.63, 3.8) is 0 Å². The van der Waals surface area contributed by atoms with Gasteiger partial charge in [-0.05, 0) is 28.9 Å². The van der Waals surface area contributed by atoms with Crippen LogP contribution in [0.25, 0.3) is 0 Å². The van der Waals surface area contributed by atoms with Gasteiger partial charge in [0.25, 0.3) is 0 Å². The Balaban J connectivity index is 1.95. The van der Waals surface area contributed by atoms with Gasteiger partial charge in [0.2, 0.25) is 0 Å². The Bertz CT molecular complexity index is 398. The van der Waals surface area contributed by atoms with Crippen molar-refractivity contribution >= 4 is 11.6 Å². The van der Waals surface area contributed by atoms with Crippen LogP contribution in [0.4, 0.5) is 11.6 Å². The molecule has 1 aromatic rings. The van der Waals surface area contributed by atoms with E-state index in [0.29, 0.717) is 22.6 Å². The molecule has 1 fully saturated rings. The van der Waals surface area contributed by atoms with Gasteiger partial charge in [0.05, 0.1) is 0 Å². The van der Waals surface area contributed by atoms with Crippen molar-refractivity contribution in [2.24, 2.45) is 22.6 Å². The lowest BCUT2D eigenvalue weighted by Gasteiger charge is -2.08. The summed E-state index contributed by atoms with van der Waals surface area (Å²) in [5, 5.41) is 3.39. The molecule has 0 aliphatic heterocycles. The Morgan fingerprint density at radius 3 is 2.29 bits per heavy atom. The first-order valence-corrected chi connectivity index (χ1v) is 6.07. The fourth-order valence-electron chi connectivity index (χ4n) is 2.66. The third kappa shape index (κ3) is 1.97. The van der Waals surface area contributed by atoms with Crippen LogP contribution >= 0.6 is 0 Å². The highest BCUT2D eigenvalue weighted by atomic mass is 15.3. The molecule has 0 saturated heterocycles. The smallest absolute Gasteiger partial charge is 0.142 e. The molecule has 4 nitrogen and oxygen atoms in total. The van der Waals surface area contributed by atoms with Crippen LogP contribution in [0, 0.1) is 16.7 Å². The van der Waals surface area contributed by atoms with Gasteiger partial charge in [0.15, 0.2) is 0 Å². The van der Waals surface area contributed by atoms with Crippen molar-refractivity contribution in [3.05, 3.63) is 18.2 Å². The predicted octanol–water partition coefficient (Wildman–Crippen LogP) is 2.46. The summed E-state index contributed by atoms with van der Waals surface area (Å²) < 4.78 is 0. The van der Waals surface area contributed by atoms with E-state index < -0.39 is 0 Å². The van der Waals surface area contributed by atoms with Crippen LogP contribution in [0.2, 0.25) is 0 Å². The Morgan fingerprint density at radius 1 is 1.18 bits per heavy atom. The molecule has 1 aliphatic carbocycles. The largest absolute Gasteiger partial charge is 0.370 e. The van der Waals surface area contributed by atoms with E-state index in [1.807, 2.05) is 18.2 Å². The number of hydrazine groups is 1. The number of hydrogen-bond acceptors (Lipinski definition) is 4. The lowest BCUT2D eigenvalue weighted by atomic mass is 10.0. The minimum atomic E-state index is 0.406. The summed E-state index contributed by atoms with van der Waals surface area (Å²) >= 11 is 0. The Kier molecular flexibility index (Phi) is 2.78. The second-order valence-electron chi connectivity index (χ2n) is 5.93. The van der Waals surface area contributed by atoms with Crippen molar-refractivity contribution in [2.75, 3.05) is 17.3 Å². The van der Waals surface area contributed by atoms with Gasteiger partial charge in [-0.3, -0.25) is 0 Å². The third-order valence-electron chi connectivity index (χ3n) is 4.70. The van der Waals surface area contributed by atoms with E-state index in [2.05, 4.69) is 43.4 Å². The fraction of sp³-hybridized carbons (Fsp3) is 0.615. The molecular weight excluding hydrogens is 212 g/mol. The maximum Gasteiger partial charge on any atom is 0.142 e. The Morgan fingerprint density at radius 2 is 1.76 bits per heavy atom. The van der Waals surface area contributed by atoms with Crippen LogP contribution in [0.15, 0.2) is 18.2 Å². The first-order valence-electron chi connectivity index (χ1n) is 6.07. The molecule has 1 aliphatic rings. The molecule has 94 valence electrons. The van der Waals surface area contributed by atoms with Gasteiger partial charge in [-0.25, -0.2) is 10.8 Å². The van der Waals surface area contributed by atoms with Crippen LogP contribution in [-0.4, -0.2) is 11.5 Å². The molecule has 0 spiro atoms. The predicted molar refractivity (Wildman–Crippen MR) is 71.6 cm³/mol. The molecule has 0 bridgehead atoms. The van der Waals surface area contributed by atoms with E-state index in [4.69, 9.17) is 5.84 Å². The summed E-state index contributed by atoms with van der Waals surface area (Å²) in [5.41, 5.74) is 3.36. The number of nitrogens with zero attached hydrogens (tertiary/aromatic N) is 1. The molecule has 0 aromatic carbocycles. The summed E-state index contributed by atoms with van der Waals surface area (Å²) in [7, 11) is 0. The zero-order valence-electron chi connectivity index (χ0n) is 11.0. The van der Waals surface area contributed by atoms with Crippen molar-refractivity contribution in [1.82, 2.24) is 4.98 Å². The first-order chi connectivity index (χ1) is 7.89. The number of anilines is 2. The van der Waals surface area contributed by atoms with Gasteiger partial charge in [0.1, 0.15) is 11.6 Å². The highest BCUT2D eigenvalue weighted by Crippen LogP contribution is 2.68. The zero-order valence-corrected chi connectivity index (χ0v) is 11.0. The zero-order chi connectivity index (χ0) is 12.7. The molecule has 4 N–H and O–H groups in total.